The minimum absolute atomic E-state index is 0.0677. The van der Waals surface area contributed by atoms with Crippen molar-refractivity contribution in [1.82, 2.24) is 0 Å². The van der Waals surface area contributed by atoms with Crippen molar-refractivity contribution in [3.05, 3.63) is 11.6 Å². The molecule has 2 heterocycles. The van der Waals surface area contributed by atoms with E-state index in [1.807, 2.05) is 0 Å². The Kier molecular flexibility index (Phi) is 2.03. The average Bonchev–Trinajstić information content (AvgIpc) is 2.03. The number of fused-ring (bicyclic) bond motifs is 2. The predicted molar refractivity (Wildman–Crippen MR) is 54.6 cm³/mol. The van der Waals surface area contributed by atoms with E-state index in [0.29, 0.717) is 17.9 Å². The number of ether oxygens (including phenoxy) is 1. The highest BCUT2D eigenvalue weighted by Gasteiger charge is 2.45. The molecule has 0 aromatic rings. The van der Waals surface area contributed by atoms with Crippen LogP contribution in [0.15, 0.2) is 11.6 Å². The smallest absolute Gasteiger partial charge is 0.0891 e. The molecule has 1 aliphatic carbocycles. The van der Waals surface area contributed by atoms with Gasteiger partial charge in [0.15, 0.2) is 0 Å². The zero-order valence-electron chi connectivity index (χ0n) is 9.13. The highest BCUT2D eigenvalue weighted by molar-refractivity contribution is 5.22. The van der Waals surface area contributed by atoms with Crippen LogP contribution in [0.4, 0.5) is 0 Å². The minimum Gasteiger partial charge on any atom is -0.367 e. The van der Waals surface area contributed by atoms with Gasteiger partial charge in [0.25, 0.3) is 0 Å². The van der Waals surface area contributed by atoms with Crippen molar-refractivity contribution in [1.29, 1.82) is 0 Å². The van der Waals surface area contributed by atoms with Crippen LogP contribution in [-0.2, 0) is 4.74 Å². The number of rotatable bonds is 1. The second kappa shape index (κ2) is 2.84. The van der Waals surface area contributed by atoms with E-state index in [9.17, 15) is 0 Å². The molecule has 0 saturated carbocycles. The van der Waals surface area contributed by atoms with Crippen LogP contribution in [0.3, 0.4) is 0 Å². The van der Waals surface area contributed by atoms with Gasteiger partial charge >= 0.3 is 0 Å². The summed E-state index contributed by atoms with van der Waals surface area (Å²) in [5, 5.41) is 0. The van der Waals surface area contributed by atoms with Crippen molar-refractivity contribution >= 4 is 0 Å². The molecule has 0 unspecified atom stereocenters. The standard InChI is InChI=1S/C12H20O/c1-8(2)12-6-5-11(9(3)7-12)10(4)13-12/h7-8,10-11H,5-6H2,1-4H3/t10-,11-,12+/m1/s1. The van der Waals surface area contributed by atoms with Crippen molar-refractivity contribution in [2.24, 2.45) is 11.8 Å². The van der Waals surface area contributed by atoms with Gasteiger partial charge in [0.05, 0.1) is 11.7 Å². The Morgan fingerprint density at radius 2 is 2.23 bits per heavy atom. The third kappa shape index (κ3) is 1.25. The van der Waals surface area contributed by atoms with Gasteiger partial charge in [0, 0.05) is 5.92 Å². The fourth-order valence-electron chi connectivity index (χ4n) is 2.89. The highest BCUT2D eigenvalue weighted by Crippen LogP contribution is 2.46. The summed E-state index contributed by atoms with van der Waals surface area (Å²) < 4.78 is 6.13. The Morgan fingerprint density at radius 3 is 2.69 bits per heavy atom. The molecule has 0 aromatic heterocycles. The van der Waals surface area contributed by atoms with E-state index in [0.717, 1.165) is 0 Å². The third-order valence-electron chi connectivity index (χ3n) is 3.85. The summed E-state index contributed by atoms with van der Waals surface area (Å²) in [4.78, 5) is 0. The molecule has 0 amide bonds. The van der Waals surface area contributed by atoms with E-state index in [2.05, 4.69) is 33.8 Å². The molecular formula is C12H20O. The van der Waals surface area contributed by atoms with Crippen molar-refractivity contribution in [3.63, 3.8) is 0 Å². The molecule has 0 aromatic carbocycles. The summed E-state index contributed by atoms with van der Waals surface area (Å²) in [6, 6.07) is 0. The first-order valence-corrected chi connectivity index (χ1v) is 5.42. The van der Waals surface area contributed by atoms with Crippen LogP contribution in [0.5, 0.6) is 0 Å². The van der Waals surface area contributed by atoms with E-state index >= 15 is 0 Å². The molecule has 13 heavy (non-hydrogen) atoms. The minimum atomic E-state index is 0.0677. The first-order valence-electron chi connectivity index (χ1n) is 5.42. The topological polar surface area (TPSA) is 9.23 Å². The summed E-state index contributed by atoms with van der Waals surface area (Å²) >= 11 is 0. The van der Waals surface area contributed by atoms with Gasteiger partial charge in [-0.05, 0) is 32.6 Å². The van der Waals surface area contributed by atoms with Gasteiger partial charge in [-0.2, -0.15) is 0 Å². The Morgan fingerprint density at radius 1 is 1.54 bits per heavy atom. The Bertz CT molecular complexity index is 242. The number of hydrogen-bond donors (Lipinski definition) is 0. The average molecular weight is 180 g/mol. The maximum Gasteiger partial charge on any atom is 0.0891 e. The number of hydrogen-bond acceptors (Lipinski definition) is 1. The van der Waals surface area contributed by atoms with E-state index in [1.54, 1.807) is 5.57 Å². The lowest BCUT2D eigenvalue weighted by Gasteiger charge is -2.50. The summed E-state index contributed by atoms with van der Waals surface area (Å²) in [5.74, 6) is 1.30. The predicted octanol–water partition coefficient (Wildman–Crippen LogP) is 3.16. The zero-order chi connectivity index (χ0) is 9.64. The summed E-state index contributed by atoms with van der Waals surface area (Å²) in [7, 11) is 0. The van der Waals surface area contributed by atoms with E-state index in [4.69, 9.17) is 4.74 Å². The lowest BCUT2D eigenvalue weighted by atomic mass is 9.70. The zero-order valence-corrected chi connectivity index (χ0v) is 9.13. The van der Waals surface area contributed by atoms with Gasteiger partial charge in [-0.15, -0.1) is 0 Å². The van der Waals surface area contributed by atoms with E-state index in [1.165, 1.54) is 12.8 Å². The molecule has 74 valence electrons. The van der Waals surface area contributed by atoms with Gasteiger partial charge < -0.3 is 4.74 Å². The molecule has 2 aliphatic heterocycles. The second-order valence-corrected chi connectivity index (χ2v) is 4.97. The largest absolute Gasteiger partial charge is 0.367 e. The van der Waals surface area contributed by atoms with Gasteiger partial charge in [0.2, 0.25) is 0 Å². The molecular weight excluding hydrogens is 160 g/mol. The first kappa shape index (κ1) is 9.26. The van der Waals surface area contributed by atoms with E-state index < -0.39 is 0 Å². The Balaban J connectivity index is 2.35. The van der Waals surface area contributed by atoms with Crippen molar-refractivity contribution < 1.29 is 4.74 Å². The van der Waals surface area contributed by atoms with Gasteiger partial charge in [-0.3, -0.25) is 0 Å². The molecule has 3 aliphatic rings. The van der Waals surface area contributed by atoms with Crippen LogP contribution in [0, 0.1) is 11.8 Å². The molecule has 2 bridgehead atoms. The summed E-state index contributed by atoms with van der Waals surface area (Å²) in [5.41, 5.74) is 1.62. The normalized spacial score (nSPS) is 43.9. The molecule has 0 radical (unpaired) electrons. The third-order valence-corrected chi connectivity index (χ3v) is 3.85. The molecule has 1 heteroatoms. The maximum absolute atomic E-state index is 6.13. The van der Waals surface area contributed by atoms with Crippen LogP contribution in [0.2, 0.25) is 0 Å². The molecule has 1 fully saturated rings. The lowest BCUT2D eigenvalue weighted by molar-refractivity contribution is -0.146. The molecule has 3 rings (SSSR count). The fraction of sp³-hybridized carbons (Fsp3) is 0.833. The van der Waals surface area contributed by atoms with Crippen molar-refractivity contribution in [2.75, 3.05) is 0 Å². The summed E-state index contributed by atoms with van der Waals surface area (Å²) in [6.07, 6.45) is 5.35. The van der Waals surface area contributed by atoms with Crippen LogP contribution in [0.1, 0.15) is 40.5 Å². The first-order chi connectivity index (χ1) is 6.05. The van der Waals surface area contributed by atoms with Crippen molar-refractivity contribution in [2.45, 2.75) is 52.2 Å². The molecule has 0 N–H and O–H groups in total. The lowest BCUT2D eigenvalue weighted by Crippen LogP contribution is -2.50. The van der Waals surface area contributed by atoms with Crippen LogP contribution < -0.4 is 0 Å². The van der Waals surface area contributed by atoms with Gasteiger partial charge in [-0.1, -0.05) is 25.5 Å². The quantitative estimate of drug-likeness (QED) is 0.563. The molecule has 1 nitrogen and oxygen atoms in total. The summed E-state index contributed by atoms with van der Waals surface area (Å²) in [6.45, 7) is 9.02. The van der Waals surface area contributed by atoms with Crippen LogP contribution >= 0.6 is 0 Å². The molecule has 0 spiro atoms. The van der Waals surface area contributed by atoms with Gasteiger partial charge in [0.1, 0.15) is 0 Å². The SMILES string of the molecule is CC1=C[C@]2(C(C)C)CC[C@H]1[C@@H](C)O2. The maximum atomic E-state index is 6.13. The fourth-order valence-corrected chi connectivity index (χ4v) is 2.89. The second-order valence-electron chi connectivity index (χ2n) is 4.97. The van der Waals surface area contributed by atoms with E-state index in [-0.39, 0.29) is 5.60 Å². The Hall–Kier alpha value is -0.300. The van der Waals surface area contributed by atoms with Crippen LogP contribution in [0.25, 0.3) is 0 Å². The van der Waals surface area contributed by atoms with Gasteiger partial charge in [-0.25, -0.2) is 0 Å². The van der Waals surface area contributed by atoms with Crippen LogP contribution in [-0.4, -0.2) is 11.7 Å². The monoisotopic (exact) mass is 180 g/mol. The van der Waals surface area contributed by atoms with Crippen molar-refractivity contribution in [3.8, 4) is 0 Å². The molecule has 3 atom stereocenters. The molecule has 1 saturated heterocycles. The Labute approximate surface area is 81.2 Å². The highest BCUT2D eigenvalue weighted by atomic mass is 16.5.